The first-order valence-corrected chi connectivity index (χ1v) is 10.1. The molecule has 2 atom stereocenters. The van der Waals surface area contributed by atoms with Crippen LogP contribution in [-0.4, -0.2) is 24.4 Å². The van der Waals surface area contributed by atoms with Gasteiger partial charge in [0.1, 0.15) is 17.5 Å². The third-order valence-corrected chi connectivity index (χ3v) is 4.24. The van der Waals surface area contributed by atoms with Crippen molar-refractivity contribution in [1.82, 2.24) is 0 Å². The zero-order valence-electron chi connectivity index (χ0n) is 18.3. The fraction of sp³-hybridized carbons (Fsp3) is 0.458. The molecule has 0 aliphatic rings. The van der Waals surface area contributed by atoms with E-state index in [0.29, 0.717) is 5.69 Å². The predicted molar refractivity (Wildman–Crippen MR) is 117 cm³/mol. The first-order chi connectivity index (χ1) is 13.7. The van der Waals surface area contributed by atoms with Crippen molar-refractivity contribution in [2.24, 2.45) is 0 Å². The summed E-state index contributed by atoms with van der Waals surface area (Å²) >= 11 is 0. The molecule has 0 fully saturated rings. The Bertz CT molecular complexity index is 763. The second-order valence-electron chi connectivity index (χ2n) is 8.12. The lowest BCUT2D eigenvalue weighted by Crippen LogP contribution is -2.27. The number of anilines is 1. The standard InChI is InChI=1S/C24H33NO4/c1-7-27-17(2)16-19-8-14-22(15-9-19)28-18(3)20-10-12-21(13-11-20)25-23(26)29-24(4,5)6/h8-15,17-18H,7,16H2,1-6H3,(H,25,26)/t17-,18?/m0/s1. The van der Waals surface area contributed by atoms with Gasteiger partial charge in [0.2, 0.25) is 0 Å². The Morgan fingerprint density at radius 3 is 2.17 bits per heavy atom. The van der Waals surface area contributed by atoms with Crippen LogP contribution >= 0.6 is 0 Å². The fourth-order valence-electron chi connectivity index (χ4n) is 2.91. The molecule has 2 aromatic carbocycles. The smallest absolute Gasteiger partial charge is 0.412 e. The number of carbonyl (C=O) groups is 1. The Kier molecular flexibility index (Phi) is 8.09. The van der Waals surface area contributed by atoms with Gasteiger partial charge in [0.15, 0.2) is 0 Å². The average Bonchev–Trinajstić information content (AvgIpc) is 2.62. The Labute approximate surface area is 174 Å². The number of carbonyl (C=O) groups excluding carboxylic acids is 1. The van der Waals surface area contributed by atoms with E-state index in [1.807, 2.05) is 71.0 Å². The number of rotatable bonds is 8. The highest BCUT2D eigenvalue weighted by atomic mass is 16.6. The van der Waals surface area contributed by atoms with Gasteiger partial charge in [-0.1, -0.05) is 24.3 Å². The normalized spacial score (nSPS) is 13.4. The van der Waals surface area contributed by atoms with E-state index >= 15 is 0 Å². The van der Waals surface area contributed by atoms with E-state index in [0.717, 1.165) is 24.3 Å². The van der Waals surface area contributed by atoms with Crippen molar-refractivity contribution in [2.45, 2.75) is 65.8 Å². The monoisotopic (exact) mass is 399 g/mol. The molecule has 1 unspecified atom stereocenters. The van der Waals surface area contributed by atoms with Gasteiger partial charge in [-0.05, 0) is 83.4 Å². The maximum atomic E-state index is 11.9. The van der Waals surface area contributed by atoms with Crippen LogP contribution in [0.1, 0.15) is 58.8 Å². The summed E-state index contributed by atoms with van der Waals surface area (Å²) in [6, 6.07) is 15.7. The van der Waals surface area contributed by atoms with Crippen LogP contribution in [0.2, 0.25) is 0 Å². The van der Waals surface area contributed by atoms with Gasteiger partial charge >= 0.3 is 6.09 Å². The molecule has 0 heterocycles. The van der Waals surface area contributed by atoms with E-state index in [4.69, 9.17) is 14.2 Å². The Morgan fingerprint density at radius 1 is 1.00 bits per heavy atom. The van der Waals surface area contributed by atoms with Gasteiger partial charge in [-0.15, -0.1) is 0 Å². The lowest BCUT2D eigenvalue weighted by atomic mass is 10.1. The van der Waals surface area contributed by atoms with Crippen LogP contribution in [0.15, 0.2) is 48.5 Å². The molecule has 0 bridgehead atoms. The number of ether oxygens (including phenoxy) is 3. The molecule has 1 N–H and O–H groups in total. The summed E-state index contributed by atoms with van der Waals surface area (Å²) in [6.07, 6.45) is 0.515. The number of hydrogen-bond acceptors (Lipinski definition) is 4. The van der Waals surface area contributed by atoms with Crippen LogP contribution in [-0.2, 0) is 15.9 Å². The van der Waals surface area contributed by atoms with E-state index in [9.17, 15) is 4.79 Å². The van der Waals surface area contributed by atoms with E-state index < -0.39 is 11.7 Å². The summed E-state index contributed by atoms with van der Waals surface area (Å²) in [6.45, 7) is 12.3. The van der Waals surface area contributed by atoms with Gasteiger partial charge in [-0.3, -0.25) is 5.32 Å². The molecule has 0 aromatic heterocycles. The third-order valence-electron chi connectivity index (χ3n) is 4.24. The molecule has 158 valence electrons. The highest BCUT2D eigenvalue weighted by Gasteiger charge is 2.16. The summed E-state index contributed by atoms with van der Waals surface area (Å²) in [5.41, 5.74) is 2.41. The second kappa shape index (κ2) is 10.3. The Balaban J connectivity index is 1.90. The molecule has 5 nitrogen and oxygen atoms in total. The van der Waals surface area contributed by atoms with E-state index in [-0.39, 0.29) is 12.2 Å². The fourth-order valence-corrected chi connectivity index (χ4v) is 2.91. The van der Waals surface area contributed by atoms with Gasteiger partial charge in [0.25, 0.3) is 0 Å². The Morgan fingerprint density at radius 2 is 1.62 bits per heavy atom. The SMILES string of the molecule is CCO[C@@H](C)Cc1ccc(OC(C)c2ccc(NC(=O)OC(C)(C)C)cc2)cc1. The molecule has 2 aromatic rings. The first-order valence-electron chi connectivity index (χ1n) is 10.1. The summed E-state index contributed by atoms with van der Waals surface area (Å²) in [7, 11) is 0. The van der Waals surface area contributed by atoms with Crippen molar-refractivity contribution in [1.29, 1.82) is 0 Å². The van der Waals surface area contributed by atoms with Crippen LogP contribution in [0.5, 0.6) is 5.75 Å². The molecule has 0 aliphatic carbocycles. The average molecular weight is 400 g/mol. The van der Waals surface area contributed by atoms with Crippen molar-refractivity contribution in [3.05, 3.63) is 59.7 Å². The van der Waals surface area contributed by atoms with E-state index in [1.54, 1.807) is 0 Å². The minimum atomic E-state index is -0.525. The second-order valence-corrected chi connectivity index (χ2v) is 8.12. The number of hydrogen-bond donors (Lipinski definition) is 1. The zero-order chi connectivity index (χ0) is 21.4. The molecule has 5 heteroatoms. The summed E-state index contributed by atoms with van der Waals surface area (Å²) in [5.74, 6) is 0.821. The predicted octanol–water partition coefficient (Wildman–Crippen LogP) is 6.14. The quantitative estimate of drug-likeness (QED) is 0.579. The van der Waals surface area contributed by atoms with Crippen LogP contribution in [0.4, 0.5) is 10.5 Å². The molecule has 0 spiro atoms. The minimum Gasteiger partial charge on any atom is -0.486 e. The first kappa shape index (κ1) is 22.8. The molecule has 1 amide bonds. The van der Waals surface area contributed by atoms with Gasteiger partial charge in [-0.2, -0.15) is 0 Å². The van der Waals surface area contributed by atoms with Gasteiger partial charge in [0.05, 0.1) is 6.10 Å². The molecule has 0 saturated heterocycles. The van der Waals surface area contributed by atoms with Crippen molar-refractivity contribution >= 4 is 11.8 Å². The summed E-state index contributed by atoms with van der Waals surface area (Å²) < 4.78 is 16.9. The van der Waals surface area contributed by atoms with Crippen LogP contribution in [0, 0.1) is 0 Å². The van der Waals surface area contributed by atoms with Crippen molar-refractivity contribution in [3.8, 4) is 5.75 Å². The third kappa shape index (κ3) is 8.16. The van der Waals surface area contributed by atoms with Crippen molar-refractivity contribution < 1.29 is 19.0 Å². The molecule has 29 heavy (non-hydrogen) atoms. The number of benzene rings is 2. The van der Waals surface area contributed by atoms with Crippen molar-refractivity contribution in [2.75, 3.05) is 11.9 Å². The largest absolute Gasteiger partial charge is 0.486 e. The maximum absolute atomic E-state index is 11.9. The Hall–Kier alpha value is -2.53. The molecular formula is C24H33NO4. The van der Waals surface area contributed by atoms with E-state index in [2.05, 4.69) is 24.4 Å². The minimum absolute atomic E-state index is 0.112. The number of amides is 1. The lowest BCUT2D eigenvalue weighted by Gasteiger charge is -2.20. The lowest BCUT2D eigenvalue weighted by molar-refractivity contribution is 0.0635. The van der Waals surface area contributed by atoms with Gasteiger partial charge in [-0.25, -0.2) is 4.79 Å². The molecule has 0 saturated carbocycles. The molecule has 0 radical (unpaired) electrons. The maximum Gasteiger partial charge on any atom is 0.412 e. The topological polar surface area (TPSA) is 56.8 Å². The zero-order valence-corrected chi connectivity index (χ0v) is 18.3. The molecular weight excluding hydrogens is 366 g/mol. The van der Waals surface area contributed by atoms with Crippen LogP contribution < -0.4 is 10.1 Å². The summed E-state index contributed by atoms with van der Waals surface area (Å²) in [4.78, 5) is 11.9. The molecule has 0 aliphatic heterocycles. The van der Waals surface area contributed by atoms with Crippen LogP contribution in [0.3, 0.4) is 0 Å². The van der Waals surface area contributed by atoms with Crippen molar-refractivity contribution in [3.63, 3.8) is 0 Å². The van der Waals surface area contributed by atoms with Gasteiger partial charge < -0.3 is 14.2 Å². The highest BCUT2D eigenvalue weighted by Crippen LogP contribution is 2.24. The van der Waals surface area contributed by atoms with Gasteiger partial charge in [0, 0.05) is 12.3 Å². The highest BCUT2D eigenvalue weighted by molar-refractivity contribution is 5.84. The molecule has 2 rings (SSSR count). The van der Waals surface area contributed by atoms with E-state index in [1.165, 1.54) is 5.56 Å². The summed E-state index contributed by atoms with van der Waals surface area (Å²) in [5, 5.41) is 2.73. The number of nitrogens with one attached hydrogen (secondary N) is 1. The van der Waals surface area contributed by atoms with Crippen LogP contribution in [0.25, 0.3) is 0 Å².